The zero-order chi connectivity index (χ0) is 11.7. The van der Waals surface area contributed by atoms with Crippen molar-refractivity contribution < 1.29 is 0 Å². The fraction of sp³-hybridized carbons (Fsp3) is 0.273. The first-order chi connectivity index (χ1) is 7.61. The maximum Gasteiger partial charge on any atom is 0.158 e. The van der Waals surface area contributed by atoms with E-state index in [1.165, 1.54) is 0 Å². The molecule has 2 heterocycles. The summed E-state index contributed by atoms with van der Waals surface area (Å²) in [6.07, 6.45) is 3.75. The van der Waals surface area contributed by atoms with Crippen LogP contribution in [-0.2, 0) is 5.88 Å². The number of aromatic nitrogens is 3. The predicted octanol–water partition coefficient (Wildman–Crippen LogP) is 3.23. The van der Waals surface area contributed by atoms with E-state index in [0.717, 1.165) is 26.2 Å². The Kier molecular flexibility index (Phi) is 3.49. The summed E-state index contributed by atoms with van der Waals surface area (Å²) in [5.74, 6) is 1.28. The summed E-state index contributed by atoms with van der Waals surface area (Å²) in [5, 5.41) is 4.26. The summed E-state index contributed by atoms with van der Waals surface area (Å²) in [4.78, 5) is 4.50. The van der Waals surface area contributed by atoms with Gasteiger partial charge in [0, 0.05) is 17.5 Å². The Hall–Kier alpha value is -0.620. The smallest absolute Gasteiger partial charge is 0.158 e. The van der Waals surface area contributed by atoms with Crippen LogP contribution in [0.1, 0.15) is 16.8 Å². The molecule has 2 rings (SSSR count). The van der Waals surface area contributed by atoms with Crippen molar-refractivity contribution in [1.29, 1.82) is 0 Å². The van der Waals surface area contributed by atoms with Gasteiger partial charge < -0.3 is 0 Å². The van der Waals surface area contributed by atoms with Crippen molar-refractivity contribution in [3.05, 3.63) is 38.9 Å². The number of halogens is 2. The van der Waals surface area contributed by atoms with E-state index in [4.69, 9.17) is 11.6 Å². The maximum atomic E-state index is 5.96. The number of nitrogens with zero attached hydrogens (tertiary/aromatic N) is 3. The number of aryl methyl sites for hydroxylation is 2. The van der Waals surface area contributed by atoms with Crippen LogP contribution < -0.4 is 0 Å². The highest BCUT2D eigenvalue weighted by molar-refractivity contribution is 14.1. The molecule has 5 heteroatoms. The molecular formula is C11H11ClIN3. The predicted molar refractivity (Wildman–Crippen MR) is 73.1 cm³/mol. The molecular weight excluding hydrogens is 336 g/mol. The Bertz CT molecular complexity index is 522. The van der Waals surface area contributed by atoms with Gasteiger partial charge in [0.25, 0.3) is 0 Å². The third-order valence-electron chi connectivity index (χ3n) is 2.36. The van der Waals surface area contributed by atoms with E-state index in [0.29, 0.717) is 5.88 Å². The molecule has 0 amide bonds. The fourth-order valence-electron chi connectivity index (χ4n) is 1.61. The number of hydrogen-bond donors (Lipinski definition) is 0. The van der Waals surface area contributed by atoms with Crippen LogP contribution in [0.4, 0.5) is 0 Å². The van der Waals surface area contributed by atoms with E-state index in [9.17, 15) is 0 Å². The fourth-order valence-corrected chi connectivity index (χ4v) is 2.33. The Morgan fingerprint density at radius 2 is 2.19 bits per heavy atom. The van der Waals surface area contributed by atoms with Crippen LogP contribution in [0, 0.1) is 17.4 Å². The molecule has 0 fully saturated rings. The first-order valence-corrected chi connectivity index (χ1v) is 6.46. The van der Waals surface area contributed by atoms with Crippen molar-refractivity contribution in [2.45, 2.75) is 19.7 Å². The summed E-state index contributed by atoms with van der Waals surface area (Å²) in [5.41, 5.74) is 3.17. The second kappa shape index (κ2) is 4.71. The average molecular weight is 348 g/mol. The molecule has 0 aromatic carbocycles. The minimum absolute atomic E-state index is 0.449. The lowest BCUT2D eigenvalue weighted by Crippen LogP contribution is -2.05. The lowest BCUT2D eigenvalue weighted by atomic mass is 10.1. The van der Waals surface area contributed by atoms with Crippen molar-refractivity contribution >= 4 is 34.2 Å². The van der Waals surface area contributed by atoms with Crippen molar-refractivity contribution in [1.82, 2.24) is 14.8 Å². The van der Waals surface area contributed by atoms with E-state index in [1.54, 1.807) is 10.9 Å². The van der Waals surface area contributed by atoms with Crippen molar-refractivity contribution in [2.24, 2.45) is 0 Å². The first kappa shape index (κ1) is 11.9. The molecule has 0 saturated carbocycles. The summed E-state index contributed by atoms with van der Waals surface area (Å²) < 4.78 is 2.86. The molecule has 0 unspecified atom stereocenters. The van der Waals surface area contributed by atoms with Gasteiger partial charge in [-0.15, -0.1) is 11.6 Å². The highest BCUT2D eigenvalue weighted by Crippen LogP contribution is 2.20. The lowest BCUT2D eigenvalue weighted by molar-refractivity contribution is 0.826. The largest absolute Gasteiger partial charge is 0.234 e. The highest BCUT2D eigenvalue weighted by atomic mass is 127. The van der Waals surface area contributed by atoms with Gasteiger partial charge in [0.05, 0.1) is 15.6 Å². The zero-order valence-electron chi connectivity index (χ0n) is 9.04. The molecule has 0 bridgehead atoms. The molecule has 0 saturated heterocycles. The van der Waals surface area contributed by atoms with Gasteiger partial charge in [0.2, 0.25) is 0 Å². The van der Waals surface area contributed by atoms with E-state index >= 15 is 0 Å². The monoisotopic (exact) mass is 347 g/mol. The van der Waals surface area contributed by atoms with Gasteiger partial charge in [-0.25, -0.2) is 9.67 Å². The van der Waals surface area contributed by atoms with Gasteiger partial charge in [-0.3, -0.25) is 0 Å². The van der Waals surface area contributed by atoms with Crippen LogP contribution in [0.25, 0.3) is 5.82 Å². The highest BCUT2D eigenvalue weighted by Gasteiger charge is 2.10. The SMILES string of the molecule is Cc1cc(C)c(CCl)c(-n2cc(I)cn2)n1. The first-order valence-electron chi connectivity index (χ1n) is 4.85. The van der Waals surface area contributed by atoms with Crippen molar-refractivity contribution in [3.8, 4) is 5.82 Å². The minimum Gasteiger partial charge on any atom is -0.234 e. The summed E-state index contributed by atoms with van der Waals surface area (Å²) in [6, 6.07) is 2.04. The van der Waals surface area contributed by atoms with Gasteiger partial charge in [0.15, 0.2) is 5.82 Å². The molecule has 84 valence electrons. The quantitative estimate of drug-likeness (QED) is 0.617. The standard InChI is InChI=1S/C11H11ClIN3/c1-7-3-8(2)15-11(10(7)4-12)16-6-9(13)5-14-16/h3,5-6H,4H2,1-2H3. The summed E-state index contributed by atoms with van der Waals surface area (Å²) in [7, 11) is 0. The Morgan fingerprint density at radius 3 is 2.75 bits per heavy atom. The third kappa shape index (κ3) is 2.22. The van der Waals surface area contributed by atoms with Crippen LogP contribution in [0.15, 0.2) is 18.5 Å². The molecule has 0 aliphatic carbocycles. The van der Waals surface area contributed by atoms with E-state index in [2.05, 4.69) is 32.7 Å². The lowest BCUT2D eigenvalue weighted by Gasteiger charge is -2.10. The second-order valence-electron chi connectivity index (χ2n) is 3.62. The van der Waals surface area contributed by atoms with E-state index < -0.39 is 0 Å². The molecule has 0 aliphatic rings. The second-order valence-corrected chi connectivity index (χ2v) is 5.13. The third-order valence-corrected chi connectivity index (χ3v) is 3.18. The van der Waals surface area contributed by atoms with Crippen LogP contribution in [-0.4, -0.2) is 14.8 Å². The molecule has 0 atom stereocenters. The molecule has 2 aromatic rings. The van der Waals surface area contributed by atoms with Gasteiger partial charge in [-0.1, -0.05) is 0 Å². The number of pyridine rings is 1. The van der Waals surface area contributed by atoms with Gasteiger partial charge in [-0.2, -0.15) is 5.10 Å². The van der Waals surface area contributed by atoms with Gasteiger partial charge >= 0.3 is 0 Å². The Labute approximate surface area is 113 Å². The summed E-state index contributed by atoms with van der Waals surface area (Å²) in [6.45, 7) is 4.02. The Morgan fingerprint density at radius 1 is 1.44 bits per heavy atom. The molecule has 3 nitrogen and oxygen atoms in total. The number of hydrogen-bond acceptors (Lipinski definition) is 2. The Balaban J connectivity index is 2.63. The normalized spacial score (nSPS) is 10.8. The molecule has 0 radical (unpaired) electrons. The topological polar surface area (TPSA) is 30.7 Å². The molecule has 0 aliphatic heterocycles. The van der Waals surface area contributed by atoms with Gasteiger partial charge in [-0.05, 0) is 48.1 Å². The molecule has 0 spiro atoms. The van der Waals surface area contributed by atoms with E-state index in [1.807, 2.05) is 26.1 Å². The van der Waals surface area contributed by atoms with Crippen LogP contribution in [0.3, 0.4) is 0 Å². The minimum atomic E-state index is 0.449. The number of alkyl halides is 1. The molecule has 2 aromatic heterocycles. The van der Waals surface area contributed by atoms with Crippen LogP contribution in [0.2, 0.25) is 0 Å². The van der Waals surface area contributed by atoms with Crippen molar-refractivity contribution in [3.63, 3.8) is 0 Å². The van der Waals surface area contributed by atoms with E-state index in [-0.39, 0.29) is 0 Å². The van der Waals surface area contributed by atoms with Crippen molar-refractivity contribution in [2.75, 3.05) is 0 Å². The average Bonchev–Trinajstić information content (AvgIpc) is 2.63. The number of rotatable bonds is 2. The van der Waals surface area contributed by atoms with Gasteiger partial charge in [0.1, 0.15) is 0 Å². The zero-order valence-corrected chi connectivity index (χ0v) is 12.0. The summed E-state index contributed by atoms with van der Waals surface area (Å²) >= 11 is 8.19. The molecule has 0 N–H and O–H groups in total. The molecule has 16 heavy (non-hydrogen) atoms. The van der Waals surface area contributed by atoms with Crippen LogP contribution in [0.5, 0.6) is 0 Å². The maximum absolute atomic E-state index is 5.96. The van der Waals surface area contributed by atoms with Crippen LogP contribution >= 0.6 is 34.2 Å².